The molecule has 4 heteroatoms. The Kier molecular flexibility index (Phi) is 2.96. The van der Waals surface area contributed by atoms with Crippen LogP contribution in [-0.2, 0) is 7.05 Å². The molecule has 100 valence electrons. The van der Waals surface area contributed by atoms with Gasteiger partial charge in [-0.2, -0.15) is 5.10 Å². The van der Waals surface area contributed by atoms with Gasteiger partial charge >= 0.3 is 0 Å². The molecule has 0 radical (unpaired) electrons. The van der Waals surface area contributed by atoms with Gasteiger partial charge in [0.05, 0.1) is 5.69 Å². The van der Waals surface area contributed by atoms with Gasteiger partial charge in [-0.3, -0.25) is 4.68 Å². The Hall–Kier alpha value is -0.510. The van der Waals surface area contributed by atoms with Gasteiger partial charge in [-0.15, -0.1) is 0 Å². The first-order chi connectivity index (χ1) is 8.54. The van der Waals surface area contributed by atoms with Gasteiger partial charge in [0.1, 0.15) is 11.8 Å². The molecule has 0 aromatic carbocycles. The minimum Gasteiger partial charge on any atom is -0.486 e. The third-order valence-corrected chi connectivity index (χ3v) is 6.21. The summed E-state index contributed by atoms with van der Waals surface area (Å²) < 4.78 is 8.24. The molecule has 2 unspecified atom stereocenters. The van der Waals surface area contributed by atoms with Gasteiger partial charge in [-0.1, -0.05) is 28.8 Å². The van der Waals surface area contributed by atoms with Crippen molar-refractivity contribution in [2.45, 2.75) is 56.9 Å². The third-order valence-electron chi connectivity index (χ3n) is 4.92. The van der Waals surface area contributed by atoms with E-state index in [1.807, 2.05) is 18.7 Å². The van der Waals surface area contributed by atoms with Crippen LogP contribution in [0, 0.1) is 19.3 Å². The number of hydrogen-bond donors (Lipinski definition) is 0. The fourth-order valence-corrected chi connectivity index (χ4v) is 4.69. The lowest BCUT2D eigenvalue weighted by Gasteiger charge is -2.51. The molecule has 1 heterocycles. The lowest BCUT2D eigenvalue weighted by molar-refractivity contribution is -0.0311. The molecule has 1 spiro atoms. The number of rotatable bonds is 2. The highest BCUT2D eigenvalue weighted by Gasteiger charge is 2.56. The molecule has 2 atom stereocenters. The molecule has 1 aromatic heterocycles. The molecular weight excluding hydrogens is 292 g/mol. The Morgan fingerprint density at radius 1 is 1.33 bits per heavy atom. The van der Waals surface area contributed by atoms with Crippen molar-refractivity contribution in [3.63, 3.8) is 0 Å². The Labute approximate surface area is 117 Å². The summed E-state index contributed by atoms with van der Waals surface area (Å²) in [6.45, 7) is 4.12. The maximum Gasteiger partial charge on any atom is 0.163 e. The van der Waals surface area contributed by atoms with E-state index in [0.717, 1.165) is 23.6 Å². The summed E-state index contributed by atoms with van der Waals surface area (Å²) in [6, 6.07) is 0. The van der Waals surface area contributed by atoms with Crippen LogP contribution in [0.2, 0.25) is 0 Å². The molecule has 0 N–H and O–H groups in total. The van der Waals surface area contributed by atoms with Gasteiger partial charge in [0.25, 0.3) is 0 Å². The average Bonchev–Trinajstić information content (AvgIpc) is 2.92. The van der Waals surface area contributed by atoms with Crippen LogP contribution in [0.5, 0.6) is 5.75 Å². The molecule has 0 saturated heterocycles. The van der Waals surface area contributed by atoms with Crippen molar-refractivity contribution in [1.29, 1.82) is 0 Å². The predicted octanol–water partition coefficient (Wildman–Crippen LogP) is 3.51. The quantitative estimate of drug-likeness (QED) is 0.781. The first kappa shape index (κ1) is 12.5. The van der Waals surface area contributed by atoms with Crippen LogP contribution < -0.4 is 4.74 Å². The van der Waals surface area contributed by atoms with Crippen LogP contribution in [-0.4, -0.2) is 20.7 Å². The van der Waals surface area contributed by atoms with E-state index in [-0.39, 0.29) is 0 Å². The molecule has 1 aromatic rings. The zero-order valence-electron chi connectivity index (χ0n) is 11.4. The number of aryl methyl sites for hydroxylation is 2. The maximum atomic E-state index is 6.33. The second-order valence-electron chi connectivity index (χ2n) is 5.87. The highest BCUT2D eigenvalue weighted by Crippen LogP contribution is 2.57. The van der Waals surface area contributed by atoms with Gasteiger partial charge in [-0.25, -0.2) is 0 Å². The highest BCUT2D eigenvalue weighted by molar-refractivity contribution is 9.09. The highest BCUT2D eigenvalue weighted by atomic mass is 79.9. The molecule has 3 rings (SSSR count). The second-order valence-corrected chi connectivity index (χ2v) is 6.98. The summed E-state index contributed by atoms with van der Waals surface area (Å²) in [5.74, 6) is 1.01. The van der Waals surface area contributed by atoms with E-state index in [0.29, 0.717) is 16.3 Å². The summed E-state index contributed by atoms with van der Waals surface area (Å²) in [6.07, 6.45) is 6.84. The molecule has 3 nitrogen and oxygen atoms in total. The smallest absolute Gasteiger partial charge is 0.163 e. The Balaban J connectivity index is 1.81. The van der Waals surface area contributed by atoms with Crippen LogP contribution in [0.1, 0.15) is 43.5 Å². The number of aromatic nitrogens is 2. The van der Waals surface area contributed by atoms with Crippen molar-refractivity contribution in [1.82, 2.24) is 9.78 Å². The molecule has 2 fully saturated rings. The summed E-state index contributed by atoms with van der Waals surface area (Å²) in [4.78, 5) is 0.648. The number of alkyl halides is 1. The normalized spacial score (nSPS) is 29.6. The first-order valence-electron chi connectivity index (χ1n) is 6.85. The van der Waals surface area contributed by atoms with Crippen LogP contribution in [0.25, 0.3) is 0 Å². The molecule has 2 saturated carbocycles. The average molecular weight is 313 g/mol. The number of ether oxygens (including phenoxy) is 1. The van der Waals surface area contributed by atoms with Crippen molar-refractivity contribution < 1.29 is 4.74 Å². The molecule has 0 aliphatic heterocycles. The van der Waals surface area contributed by atoms with Crippen molar-refractivity contribution in [2.24, 2.45) is 12.5 Å². The Bertz CT molecular complexity index is 463. The second kappa shape index (κ2) is 4.26. The standard InChI is InChI=1S/C14H21BrN2O/c1-9-13(10(2)17(3)16-9)18-12-8-11(15)14(12)6-4-5-7-14/h11-12H,4-8H2,1-3H3. The zero-order chi connectivity index (χ0) is 12.9. The molecule has 18 heavy (non-hydrogen) atoms. The van der Waals surface area contributed by atoms with Gasteiger partial charge in [0.2, 0.25) is 0 Å². The minimum atomic E-state index is 0.381. The number of nitrogens with zero attached hydrogens (tertiary/aromatic N) is 2. The van der Waals surface area contributed by atoms with E-state index in [1.54, 1.807) is 0 Å². The molecular formula is C14H21BrN2O. The monoisotopic (exact) mass is 312 g/mol. The van der Waals surface area contributed by atoms with Gasteiger partial charge in [0, 0.05) is 17.3 Å². The van der Waals surface area contributed by atoms with Gasteiger partial charge in [-0.05, 0) is 33.1 Å². The maximum absolute atomic E-state index is 6.33. The van der Waals surface area contributed by atoms with Crippen LogP contribution in [0.3, 0.4) is 0 Å². The van der Waals surface area contributed by atoms with Gasteiger partial charge in [0.15, 0.2) is 5.75 Å². The first-order valence-corrected chi connectivity index (χ1v) is 7.77. The lowest BCUT2D eigenvalue weighted by atomic mass is 9.64. The Morgan fingerprint density at radius 2 is 2.00 bits per heavy atom. The third kappa shape index (κ3) is 1.64. The van der Waals surface area contributed by atoms with Crippen molar-refractivity contribution in [3.8, 4) is 5.75 Å². The summed E-state index contributed by atoms with van der Waals surface area (Å²) in [5, 5.41) is 4.44. The topological polar surface area (TPSA) is 27.1 Å². The van der Waals surface area contributed by atoms with Crippen molar-refractivity contribution >= 4 is 15.9 Å². The number of halogens is 1. The van der Waals surface area contributed by atoms with Gasteiger partial charge < -0.3 is 4.74 Å². The Morgan fingerprint density at radius 3 is 2.50 bits per heavy atom. The van der Waals surface area contributed by atoms with Crippen molar-refractivity contribution in [2.75, 3.05) is 0 Å². The van der Waals surface area contributed by atoms with Crippen LogP contribution in [0.15, 0.2) is 0 Å². The van der Waals surface area contributed by atoms with Crippen molar-refractivity contribution in [3.05, 3.63) is 11.4 Å². The van der Waals surface area contributed by atoms with E-state index in [1.165, 1.54) is 25.7 Å². The van der Waals surface area contributed by atoms with Crippen LogP contribution >= 0.6 is 15.9 Å². The van der Waals surface area contributed by atoms with E-state index in [2.05, 4.69) is 28.0 Å². The fourth-order valence-electron chi connectivity index (χ4n) is 3.60. The molecule has 0 amide bonds. The summed E-state index contributed by atoms with van der Waals surface area (Å²) >= 11 is 3.84. The zero-order valence-corrected chi connectivity index (χ0v) is 13.0. The predicted molar refractivity (Wildman–Crippen MR) is 75.3 cm³/mol. The summed E-state index contributed by atoms with van der Waals surface area (Å²) in [7, 11) is 1.98. The van der Waals surface area contributed by atoms with E-state index >= 15 is 0 Å². The number of hydrogen-bond acceptors (Lipinski definition) is 2. The fraction of sp³-hybridized carbons (Fsp3) is 0.786. The molecule has 0 bridgehead atoms. The van der Waals surface area contributed by atoms with Crippen LogP contribution in [0.4, 0.5) is 0 Å². The SMILES string of the molecule is Cc1nn(C)c(C)c1OC1CC(Br)C12CCCC2. The molecule has 2 aliphatic rings. The minimum absolute atomic E-state index is 0.381. The lowest BCUT2D eigenvalue weighted by Crippen LogP contribution is -2.55. The largest absolute Gasteiger partial charge is 0.486 e. The molecule has 2 aliphatic carbocycles. The van der Waals surface area contributed by atoms with E-state index in [4.69, 9.17) is 4.74 Å². The summed E-state index contributed by atoms with van der Waals surface area (Å²) in [5.41, 5.74) is 2.55. The van der Waals surface area contributed by atoms with E-state index < -0.39 is 0 Å². The van der Waals surface area contributed by atoms with E-state index in [9.17, 15) is 0 Å².